The molecular formula is C19H23N3O3. The van der Waals surface area contributed by atoms with Gasteiger partial charge in [-0.25, -0.2) is 0 Å². The number of benzene rings is 1. The number of amides is 1. The molecular weight excluding hydrogens is 318 g/mol. The zero-order chi connectivity index (χ0) is 17.2. The lowest BCUT2D eigenvalue weighted by Crippen LogP contribution is -2.38. The maximum Gasteiger partial charge on any atom is 0.251 e. The van der Waals surface area contributed by atoms with E-state index >= 15 is 0 Å². The molecule has 2 fully saturated rings. The van der Waals surface area contributed by atoms with E-state index in [9.17, 15) is 9.90 Å². The first-order valence-electron chi connectivity index (χ1n) is 9.08. The first-order chi connectivity index (χ1) is 12.2. The smallest absolute Gasteiger partial charge is 0.251 e. The van der Waals surface area contributed by atoms with Gasteiger partial charge in [-0.05, 0) is 56.6 Å². The largest absolute Gasteiger partial charge is 0.396 e. The molecule has 0 radical (unpaired) electrons. The molecule has 0 bridgehead atoms. The van der Waals surface area contributed by atoms with Crippen molar-refractivity contribution in [2.24, 2.45) is 5.92 Å². The van der Waals surface area contributed by atoms with Gasteiger partial charge in [0.05, 0.1) is 0 Å². The van der Waals surface area contributed by atoms with Gasteiger partial charge in [0.2, 0.25) is 11.7 Å². The van der Waals surface area contributed by atoms with Gasteiger partial charge < -0.3 is 14.9 Å². The zero-order valence-electron chi connectivity index (χ0n) is 14.1. The summed E-state index contributed by atoms with van der Waals surface area (Å²) in [6.07, 6.45) is 6.01. The minimum atomic E-state index is -0.0693. The Hall–Kier alpha value is -2.21. The first kappa shape index (κ1) is 16.3. The van der Waals surface area contributed by atoms with Gasteiger partial charge in [0.25, 0.3) is 5.91 Å². The molecule has 1 aromatic carbocycles. The van der Waals surface area contributed by atoms with Gasteiger partial charge in [0.1, 0.15) is 0 Å². The minimum Gasteiger partial charge on any atom is -0.396 e. The van der Waals surface area contributed by atoms with Crippen molar-refractivity contribution in [3.8, 4) is 11.4 Å². The van der Waals surface area contributed by atoms with E-state index in [0.29, 0.717) is 29.1 Å². The molecule has 2 N–H and O–H groups in total. The van der Waals surface area contributed by atoms with Crippen LogP contribution in [0.5, 0.6) is 0 Å². The van der Waals surface area contributed by atoms with Crippen molar-refractivity contribution in [1.82, 2.24) is 15.5 Å². The summed E-state index contributed by atoms with van der Waals surface area (Å²) < 4.78 is 5.30. The van der Waals surface area contributed by atoms with E-state index in [1.165, 1.54) is 0 Å². The number of nitrogens with zero attached hydrogens (tertiary/aromatic N) is 2. The normalized spacial score (nSPS) is 23.4. The summed E-state index contributed by atoms with van der Waals surface area (Å²) in [5, 5.41) is 16.4. The maximum absolute atomic E-state index is 12.5. The van der Waals surface area contributed by atoms with Crippen LogP contribution in [0.4, 0.5) is 0 Å². The Labute approximate surface area is 146 Å². The third-order valence-electron chi connectivity index (χ3n) is 5.19. The standard InChI is InChI=1S/C19H23N3O3/c23-11-12-4-8-16(9-5-12)20-18(24)15-3-1-2-14(10-15)17-21-19(25-22-17)13-6-7-13/h1-3,10,12-13,16,23H,4-9,11H2,(H,20,24). The molecule has 1 aromatic heterocycles. The third kappa shape index (κ3) is 3.74. The number of nitrogens with one attached hydrogen (secondary N) is 1. The van der Waals surface area contributed by atoms with Crippen LogP contribution in [-0.4, -0.2) is 33.8 Å². The Morgan fingerprint density at radius 3 is 2.72 bits per heavy atom. The van der Waals surface area contributed by atoms with Crippen molar-refractivity contribution in [3.63, 3.8) is 0 Å². The second kappa shape index (κ2) is 6.96. The lowest BCUT2D eigenvalue weighted by molar-refractivity contribution is 0.0914. The summed E-state index contributed by atoms with van der Waals surface area (Å²) in [5.74, 6) is 1.97. The molecule has 1 heterocycles. The molecule has 132 valence electrons. The van der Waals surface area contributed by atoms with Crippen LogP contribution in [0, 0.1) is 5.92 Å². The summed E-state index contributed by atoms with van der Waals surface area (Å²) in [6.45, 7) is 0.246. The average molecular weight is 341 g/mol. The van der Waals surface area contributed by atoms with Gasteiger partial charge in [-0.3, -0.25) is 4.79 Å². The molecule has 0 atom stereocenters. The van der Waals surface area contributed by atoms with Gasteiger partial charge in [0.15, 0.2) is 0 Å². The molecule has 6 nitrogen and oxygen atoms in total. The number of hydrogen-bond donors (Lipinski definition) is 2. The van der Waals surface area contributed by atoms with E-state index in [-0.39, 0.29) is 18.6 Å². The van der Waals surface area contributed by atoms with Crippen LogP contribution >= 0.6 is 0 Å². The van der Waals surface area contributed by atoms with Crippen molar-refractivity contribution in [1.29, 1.82) is 0 Å². The Morgan fingerprint density at radius 2 is 2.00 bits per heavy atom. The number of hydrogen-bond acceptors (Lipinski definition) is 5. The molecule has 2 aromatic rings. The summed E-state index contributed by atoms with van der Waals surface area (Å²) in [7, 11) is 0. The highest BCUT2D eigenvalue weighted by molar-refractivity contribution is 5.95. The lowest BCUT2D eigenvalue weighted by Gasteiger charge is -2.28. The fraction of sp³-hybridized carbons (Fsp3) is 0.526. The highest BCUT2D eigenvalue weighted by Gasteiger charge is 2.30. The van der Waals surface area contributed by atoms with Crippen molar-refractivity contribution < 1.29 is 14.4 Å². The van der Waals surface area contributed by atoms with Gasteiger partial charge in [-0.2, -0.15) is 4.98 Å². The highest BCUT2D eigenvalue weighted by atomic mass is 16.5. The summed E-state index contributed by atoms with van der Waals surface area (Å²) >= 11 is 0. The SMILES string of the molecule is O=C(NC1CCC(CO)CC1)c1cccc(-c2noc(C3CC3)n2)c1. The van der Waals surface area contributed by atoms with Gasteiger partial charge in [-0.15, -0.1) is 0 Å². The molecule has 0 spiro atoms. The van der Waals surface area contributed by atoms with Crippen LogP contribution in [0.15, 0.2) is 28.8 Å². The molecule has 2 saturated carbocycles. The fourth-order valence-electron chi connectivity index (χ4n) is 3.41. The monoisotopic (exact) mass is 341 g/mol. The van der Waals surface area contributed by atoms with E-state index in [0.717, 1.165) is 44.1 Å². The van der Waals surface area contributed by atoms with Crippen molar-refractivity contribution in [2.75, 3.05) is 6.61 Å². The number of aliphatic hydroxyl groups is 1. The topological polar surface area (TPSA) is 88.2 Å². The van der Waals surface area contributed by atoms with Crippen molar-refractivity contribution in [3.05, 3.63) is 35.7 Å². The predicted molar refractivity (Wildman–Crippen MR) is 92.0 cm³/mol. The summed E-state index contributed by atoms with van der Waals surface area (Å²) in [4.78, 5) is 17.0. The van der Waals surface area contributed by atoms with E-state index in [4.69, 9.17) is 4.52 Å². The second-order valence-electron chi connectivity index (χ2n) is 7.18. The maximum atomic E-state index is 12.5. The Morgan fingerprint density at radius 1 is 1.20 bits per heavy atom. The number of carbonyl (C=O) groups is 1. The van der Waals surface area contributed by atoms with Crippen LogP contribution in [-0.2, 0) is 0 Å². The van der Waals surface area contributed by atoms with Gasteiger partial charge >= 0.3 is 0 Å². The first-order valence-corrected chi connectivity index (χ1v) is 9.08. The molecule has 0 aliphatic heterocycles. The van der Waals surface area contributed by atoms with Crippen molar-refractivity contribution >= 4 is 5.91 Å². The molecule has 25 heavy (non-hydrogen) atoms. The zero-order valence-corrected chi connectivity index (χ0v) is 14.1. The molecule has 0 saturated heterocycles. The Bertz CT molecular complexity index is 746. The van der Waals surface area contributed by atoms with Crippen LogP contribution in [0.25, 0.3) is 11.4 Å². The highest BCUT2D eigenvalue weighted by Crippen LogP contribution is 2.39. The average Bonchev–Trinajstić information content (AvgIpc) is 3.39. The third-order valence-corrected chi connectivity index (χ3v) is 5.19. The van der Waals surface area contributed by atoms with E-state index in [1.807, 2.05) is 18.2 Å². The van der Waals surface area contributed by atoms with Crippen LogP contribution < -0.4 is 5.32 Å². The number of carbonyl (C=O) groups excluding carboxylic acids is 1. The predicted octanol–water partition coefficient (Wildman–Crippen LogP) is 2.89. The summed E-state index contributed by atoms with van der Waals surface area (Å²) in [6, 6.07) is 7.55. The molecule has 2 aliphatic rings. The Kier molecular flexibility index (Phi) is 4.53. The molecule has 2 aliphatic carbocycles. The second-order valence-corrected chi connectivity index (χ2v) is 7.18. The van der Waals surface area contributed by atoms with Gasteiger partial charge in [0, 0.05) is 29.7 Å². The van der Waals surface area contributed by atoms with Crippen LogP contribution in [0.3, 0.4) is 0 Å². The van der Waals surface area contributed by atoms with E-state index < -0.39 is 0 Å². The van der Waals surface area contributed by atoms with Gasteiger partial charge in [-0.1, -0.05) is 17.3 Å². The fourth-order valence-corrected chi connectivity index (χ4v) is 3.41. The molecule has 4 rings (SSSR count). The summed E-state index contributed by atoms with van der Waals surface area (Å²) in [5.41, 5.74) is 1.41. The number of aromatic nitrogens is 2. The molecule has 1 amide bonds. The van der Waals surface area contributed by atoms with E-state index in [1.54, 1.807) is 6.07 Å². The van der Waals surface area contributed by atoms with Crippen molar-refractivity contribution in [2.45, 2.75) is 50.5 Å². The minimum absolute atomic E-state index is 0.0693. The molecule has 6 heteroatoms. The van der Waals surface area contributed by atoms with E-state index in [2.05, 4.69) is 15.5 Å². The van der Waals surface area contributed by atoms with Crippen LogP contribution in [0.2, 0.25) is 0 Å². The number of rotatable bonds is 5. The molecule has 0 unspecified atom stereocenters. The number of aliphatic hydroxyl groups excluding tert-OH is 1. The lowest BCUT2D eigenvalue weighted by atomic mass is 9.86. The quantitative estimate of drug-likeness (QED) is 0.873. The van der Waals surface area contributed by atoms with Crippen LogP contribution in [0.1, 0.15) is 60.7 Å². The Balaban J connectivity index is 1.42.